The highest BCUT2D eigenvalue weighted by atomic mass is 16.6. The minimum Gasteiger partial charge on any atom is -0.486 e. The smallest absolute Gasteiger partial charge is 0.245 e. The van der Waals surface area contributed by atoms with Crippen LogP contribution in [0.15, 0.2) is 36.9 Å². The Morgan fingerprint density at radius 1 is 1.29 bits per heavy atom. The number of rotatable bonds is 3. The van der Waals surface area contributed by atoms with Crippen LogP contribution in [0.2, 0.25) is 0 Å². The minimum absolute atomic E-state index is 0.0966. The molecule has 0 unspecified atom stereocenters. The highest BCUT2D eigenvalue weighted by Gasteiger charge is 2.33. The second-order valence-electron chi connectivity index (χ2n) is 6.28. The van der Waals surface area contributed by atoms with E-state index in [1.54, 1.807) is 12.5 Å². The molecule has 0 N–H and O–H groups in total. The van der Waals surface area contributed by atoms with Crippen molar-refractivity contribution < 1.29 is 14.3 Å². The molecule has 2 aliphatic heterocycles. The van der Waals surface area contributed by atoms with Crippen LogP contribution in [-0.2, 0) is 4.79 Å². The third kappa shape index (κ3) is 2.62. The molecule has 2 aromatic rings. The third-order valence-electron chi connectivity index (χ3n) is 4.82. The van der Waals surface area contributed by atoms with E-state index in [4.69, 9.17) is 9.47 Å². The standard InChI is InChI=1S/C18H21N3O3/c1-13(20-8-6-19-12-20)18(22)21-7-2-3-15(21)14-4-5-16-17(11-14)24-10-9-23-16/h4-6,8,11-13,15H,2-3,7,9-10H2,1H3/t13-,15+/m0/s1. The Morgan fingerprint density at radius 3 is 2.92 bits per heavy atom. The Kier molecular flexibility index (Phi) is 3.88. The first-order valence-electron chi connectivity index (χ1n) is 8.41. The van der Waals surface area contributed by atoms with Gasteiger partial charge in [0.05, 0.1) is 12.4 Å². The molecule has 3 heterocycles. The van der Waals surface area contributed by atoms with E-state index in [1.165, 1.54) is 0 Å². The van der Waals surface area contributed by atoms with Gasteiger partial charge in [0.15, 0.2) is 11.5 Å². The van der Waals surface area contributed by atoms with E-state index in [-0.39, 0.29) is 18.0 Å². The summed E-state index contributed by atoms with van der Waals surface area (Å²) in [5.74, 6) is 1.69. The quantitative estimate of drug-likeness (QED) is 0.869. The largest absolute Gasteiger partial charge is 0.486 e. The molecule has 0 spiro atoms. The van der Waals surface area contributed by atoms with Gasteiger partial charge in [-0.05, 0) is 37.5 Å². The molecule has 24 heavy (non-hydrogen) atoms. The van der Waals surface area contributed by atoms with Gasteiger partial charge in [0.1, 0.15) is 19.3 Å². The van der Waals surface area contributed by atoms with Crippen LogP contribution in [0.5, 0.6) is 11.5 Å². The van der Waals surface area contributed by atoms with Gasteiger partial charge in [-0.2, -0.15) is 0 Å². The van der Waals surface area contributed by atoms with Crippen LogP contribution in [0.25, 0.3) is 0 Å². The van der Waals surface area contributed by atoms with Crippen molar-refractivity contribution in [2.24, 2.45) is 0 Å². The Balaban J connectivity index is 1.57. The van der Waals surface area contributed by atoms with Crippen molar-refractivity contribution in [1.29, 1.82) is 0 Å². The Morgan fingerprint density at radius 2 is 2.12 bits per heavy atom. The molecule has 0 radical (unpaired) electrons. The molecular weight excluding hydrogens is 306 g/mol. The molecule has 1 aromatic carbocycles. The van der Waals surface area contributed by atoms with Gasteiger partial charge < -0.3 is 18.9 Å². The summed E-state index contributed by atoms with van der Waals surface area (Å²) in [4.78, 5) is 19.0. The molecule has 1 aromatic heterocycles. The number of aromatic nitrogens is 2. The maximum atomic E-state index is 12.9. The van der Waals surface area contributed by atoms with Crippen LogP contribution < -0.4 is 9.47 Å². The molecule has 0 saturated carbocycles. The number of carbonyl (C=O) groups is 1. The first-order chi connectivity index (χ1) is 11.7. The number of carbonyl (C=O) groups excluding carboxylic acids is 1. The number of ether oxygens (including phenoxy) is 2. The number of hydrogen-bond acceptors (Lipinski definition) is 4. The van der Waals surface area contributed by atoms with Crippen molar-refractivity contribution in [3.63, 3.8) is 0 Å². The summed E-state index contributed by atoms with van der Waals surface area (Å²) in [7, 11) is 0. The molecular formula is C18H21N3O3. The Hall–Kier alpha value is -2.50. The number of hydrogen-bond donors (Lipinski definition) is 0. The summed E-state index contributed by atoms with van der Waals surface area (Å²) in [5, 5.41) is 0. The molecule has 126 valence electrons. The predicted octanol–water partition coefficient (Wildman–Crippen LogP) is 2.58. The number of fused-ring (bicyclic) bond motifs is 1. The fourth-order valence-electron chi connectivity index (χ4n) is 3.51. The number of amides is 1. The van der Waals surface area contributed by atoms with Crippen molar-refractivity contribution in [2.75, 3.05) is 19.8 Å². The molecule has 4 rings (SSSR count). The molecule has 0 bridgehead atoms. The van der Waals surface area contributed by atoms with Gasteiger partial charge in [-0.3, -0.25) is 4.79 Å². The monoisotopic (exact) mass is 327 g/mol. The van der Waals surface area contributed by atoms with E-state index in [0.29, 0.717) is 13.2 Å². The molecule has 1 amide bonds. The minimum atomic E-state index is -0.245. The maximum Gasteiger partial charge on any atom is 0.245 e. The Labute approximate surface area is 141 Å². The lowest BCUT2D eigenvalue weighted by Gasteiger charge is -2.29. The van der Waals surface area contributed by atoms with Gasteiger partial charge >= 0.3 is 0 Å². The zero-order chi connectivity index (χ0) is 16.5. The van der Waals surface area contributed by atoms with Crippen molar-refractivity contribution in [3.8, 4) is 11.5 Å². The number of imidazole rings is 1. The summed E-state index contributed by atoms with van der Waals surface area (Å²) in [6, 6.07) is 5.87. The summed E-state index contributed by atoms with van der Waals surface area (Å²) >= 11 is 0. The van der Waals surface area contributed by atoms with Gasteiger partial charge in [-0.1, -0.05) is 6.07 Å². The summed E-state index contributed by atoms with van der Waals surface area (Å²) in [6.07, 6.45) is 7.21. The average Bonchev–Trinajstić information content (AvgIpc) is 3.31. The van der Waals surface area contributed by atoms with Gasteiger partial charge in [-0.25, -0.2) is 4.98 Å². The van der Waals surface area contributed by atoms with Crippen LogP contribution >= 0.6 is 0 Å². The van der Waals surface area contributed by atoms with Gasteiger partial charge in [0.2, 0.25) is 5.91 Å². The number of likely N-dealkylation sites (tertiary alicyclic amines) is 1. The van der Waals surface area contributed by atoms with Crippen LogP contribution in [0.1, 0.15) is 37.4 Å². The van der Waals surface area contributed by atoms with E-state index in [1.807, 2.05) is 40.8 Å². The summed E-state index contributed by atoms with van der Waals surface area (Å²) < 4.78 is 13.1. The zero-order valence-corrected chi connectivity index (χ0v) is 13.7. The lowest BCUT2D eigenvalue weighted by molar-refractivity contribution is -0.135. The highest BCUT2D eigenvalue weighted by Crippen LogP contribution is 2.38. The predicted molar refractivity (Wildman–Crippen MR) is 88.1 cm³/mol. The van der Waals surface area contributed by atoms with Crippen LogP contribution in [0, 0.1) is 0 Å². The molecule has 2 atom stereocenters. The lowest BCUT2D eigenvalue weighted by atomic mass is 10.0. The van der Waals surface area contributed by atoms with Crippen LogP contribution in [0.3, 0.4) is 0 Å². The molecule has 6 heteroatoms. The van der Waals surface area contributed by atoms with E-state index >= 15 is 0 Å². The summed E-state index contributed by atoms with van der Waals surface area (Å²) in [6.45, 7) is 3.87. The van der Waals surface area contributed by atoms with E-state index in [2.05, 4.69) is 4.98 Å². The zero-order valence-electron chi connectivity index (χ0n) is 13.7. The first-order valence-corrected chi connectivity index (χ1v) is 8.41. The fraction of sp³-hybridized carbons (Fsp3) is 0.444. The number of nitrogens with zero attached hydrogens (tertiary/aromatic N) is 3. The lowest BCUT2D eigenvalue weighted by Crippen LogP contribution is -2.35. The molecule has 1 fully saturated rings. The topological polar surface area (TPSA) is 56.6 Å². The second kappa shape index (κ2) is 6.19. The first kappa shape index (κ1) is 15.1. The van der Waals surface area contributed by atoms with E-state index in [0.717, 1.165) is 36.4 Å². The van der Waals surface area contributed by atoms with Crippen LogP contribution in [-0.4, -0.2) is 40.1 Å². The van der Waals surface area contributed by atoms with Crippen LogP contribution in [0.4, 0.5) is 0 Å². The fourth-order valence-corrected chi connectivity index (χ4v) is 3.51. The van der Waals surface area contributed by atoms with E-state index in [9.17, 15) is 4.79 Å². The average molecular weight is 327 g/mol. The van der Waals surface area contributed by atoms with Crippen molar-refractivity contribution in [2.45, 2.75) is 31.8 Å². The van der Waals surface area contributed by atoms with Crippen molar-refractivity contribution in [1.82, 2.24) is 14.5 Å². The maximum absolute atomic E-state index is 12.9. The number of benzene rings is 1. The third-order valence-corrected chi connectivity index (χ3v) is 4.82. The molecule has 1 saturated heterocycles. The SMILES string of the molecule is C[C@@H](C(=O)N1CCC[C@@H]1c1ccc2c(c1)OCCO2)n1ccnc1. The van der Waals surface area contributed by atoms with Gasteiger partial charge in [0.25, 0.3) is 0 Å². The van der Waals surface area contributed by atoms with Gasteiger partial charge in [-0.15, -0.1) is 0 Å². The Bertz CT molecular complexity index is 729. The molecule has 2 aliphatic rings. The second-order valence-corrected chi connectivity index (χ2v) is 6.28. The summed E-state index contributed by atoms with van der Waals surface area (Å²) in [5.41, 5.74) is 1.11. The van der Waals surface area contributed by atoms with Gasteiger partial charge in [0, 0.05) is 18.9 Å². The normalized spacial score (nSPS) is 20.9. The highest BCUT2D eigenvalue weighted by molar-refractivity contribution is 5.81. The van der Waals surface area contributed by atoms with Crippen molar-refractivity contribution in [3.05, 3.63) is 42.5 Å². The molecule has 0 aliphatic carbocycles. The van der Waals surface area contributed by atoms with E-state index < -0.39 is 0 Å². The van der Waals surface area contributed by atoms with Crippen molar-refractivity contribution >= 4 is 5.91 Å². The molecule has 6 nitrogen and oxygen atoms in total.